The summed E-state index contributed by atoms with van der Waals surface area (Å²) in [6.45, 7) is -0.518. The van der Waals surface area contributed by atoms with E-state index in [-0.39, 0.29) is 0 Å². The molecule has 1 rings (SSSR count). The van der Waals surface area contributed by atoms with Gasteiger partial charge in [0.1, 0.15) is 6.73 Å². The molecule has 1 aromatic carbocycles. The van der Waals surface area contributed by atoms with Crippen LogP contribution >= 0.6 is 11.6 Å². The van der Waals surface area contributed by atoms with E-state index in [1.54, 1.807) is 24.3 Å². The van der Waals surface area contributed by atoms with Gasteiger partial charge in [-0.3, -0.25) is 4.84 Å². The van der Waals surface area contributed by atoms with Crippen molar-refractivity contribution in [2.45, 2.75) is 0 Å². The summed E-state index contributed by atoms with van der Waals surface area (Å²) in [6.07, 6.45) is 0. The van der Waals surface area contributed by atoms with E-state index in [0.717, 1.165) is 5.06 Å². The summed E-state index contributed by atoms with van der Waals surface area (Å²) in [4.78, 5) is 16.0. The minimum atomic E-state index is -0.553. The second kappa shape index (κ2) is 5.55. The van der Waals surface area contributed by atoms with Crippen molar-refractivity contribution in [3.8, 4) is 0 Å². The first kappa shape index (κ1) is 11.8. The lowest BCUT2D eigenvalue weighted by Gasteiger charge is -2.16. The quantitative estimate of drug-likeness (QED) is 0.614. The third-order valence-electron chi connectivity index (χ3n) is 1.67. The topological polar surface area (TPSA) is 61.8 Å². The maximum absolute atomic E-state index is 11.4. The van der Waals surface area contributed by atoms with E-state index in [4.69, 9.17) is 16.7 Å². The first-order chi connectivity index (χ1) is 7.17. The van der Waals surface area contributed by atoms with Gasteiger partial charge in [-0.1, -0.05) is 11.6 Å². The van der Waals surface area contributed by atoms with Crippen LogP contribution in [0.25, 0.3) is 0 Å². The van der Waals surface area contributed by atoms with E-state index < -0.39 is 12.8 Å². The molecule has 0 aromatic heterocycles. The molecule has 0 saturated heterocycles. The molecule has 2 N–H and O–H groups in total. The van der Waals surface area contributed by atoms with Gasteiger partial charge >= 0.3 is 6.03 Å². The monoisotopic (exact) mass is 230 g/mol. The molecule has 5 nitrogen and oxygen atoms in total. The average molecular weight is 231 g/mol. The first-order valence-corrected chi connectivity index (χ1v) is 4.54. The number of carbonyl (C=O) groups is 1. The summed E-state index contributed by atoms with van der Waals surface area (Å²) in [6, 6.07) is 6.03. The second-order valence-corrected chi connectivity index (χ2v) is 3.08. The molecule has 0 fully saturated rings. The number of hydrogen-bond donors (Lipinski definition) is 2. The third kappa shape index (κ3) is 3.39. The predicted molar refractivity (Wildman–Crippen MR) is 56.4 cm³/mol. The molecule has 0 unspecified atom stereocenters. The number of halogens is 1. The van der Waals surface area contributed by atoms with Gasteiger partial charge in [-0.15, -0.1) is 0 Å². The van der Waals surface area contributed by atoms with Crippen LogP contribution in [-0.2, 0) is 4.84 Å². The first-order valence-electron chi connectivity index (χ1n) is 4.16. The highest BCUT2D eigenvalue weighted by molar-refractivity contribution is 6.30. The zero-order chi connectivity index (χ0) is 11.3. The number of carbonyl (C=O) groups excluding carboxylic acids is 1. The number of aliphatic hydroxyl groups is 1. The molecular formula is C9H11ClN2O3. The standard InChI is InChI=1S/C9H11ClN2O3/c1-15-12(6-13)9(14)11-8-4-2-7(10)3-5-8/h2-5,13H,6H2,1H3,(H,11,14). The maximum Gasteiger partial charge on any atom is 0.348 e. The summed E-state index contributed by atoms with van der Waals surface area (Å²) in [7, 11) is 1.29. The summed E-state index contributed by atoms with van der Waals surface area (Å²) in [5, 5.41) is 12.6. The van der Waals surface area contributed by atoms with Crippen LogP contribution in [0.4, 0.5) is 10.5 Å². The normalized spacial score (nSPS) is 9.80. The number of aliphatic hydroxyl groups excluding tert-OH is 1. The Morgan fingerprint density at radius 2 is 2.13 bits per heavy atom. The Labute approximate surface area is 92.2 Å². The van der Waals surface area contributed by atoms with E-state index in [2.05, 4.69) is 10.2 Å². The van der Waals surface area contributed by atoms with Gasteiger partial charge in [0.2, 0.25) is 0 Å². The van der Waals surface area contributed by atoms with Crippen LogP contribution < -0.4 is 5.32 Å². The molecule has 2 amide bonds. The molecule has 6 heteroatoms. The van der Waals surface area contributed by atoms with Gasteiger partial charge < -0.3 is 10.4 Å². The third-order valence-corrected chi connectivity index (χ3v) is 1.92. The van der Waals surface area contributed by atoms with Crippen molar-refractivity contribution in [3.05, 3.63) is 29.3 Å². The number of rotatable bonds is 3. The Morgan fingerprint density at radius 3 is 2.60 bits per heavy atom. The molecule has 15 heavy (non-hydrogen) atoms. The van der Waals surface area contributed by atoms with Crippen molar-refractivity contribution < 1.29 is 14.7 Å². The van der Waals surface area contributed by atoms with E-state index in [9.17, 15) is 4.79 Å². The number of amides is 2. The van der Waals surface area contributed by atoms with Crippen molar-refractivity contribution in [1.29, 1.82) is 0 Å². The molecule has 0 radical (unpaired) electrons. The van der Waals surface area contributed by atoms with Gasteiger partial charge in [0.05, 0.1) is 7.11 Å². The van der Waals surface area contributed by atoms with E-state index in [0.29, 0.717) is 10.7 Å². The number of hydrogen-bond acceptors (Lipinski definition) is 3. The van der Waals surface area contributed by atoms with Crippen molar-refractivity contribution in [2.24, 2.45) is 0 Å². The highest BCUT2D eigenvalue weighted by Gasteiger charge is 2.11. The van der Waals surface area contributed by atoms with Crippen LogP contribution in [0.3, 0.4) is 0 Å². The number of urea groups is 1. The second-order valence-electron chi connectivity index (χ2n) is 2.64. The van der Waals surface area contributed by atoms with E-state index >= 15 is 0 Å². The highest BCUT2D eigenvalue weighted by Crippen LogP contribution is 2.13. The molecule has 0 bridgehead atoms. The van der Waals surface area contributed by atoms with Crippen molar-refractivity contribution in [2.75, 3.05) is 19.2 Å². The Bertz CT molecular complexity index is 325. The van der Waals surface area contributed by atoms with Crippen molar-refractivity contribution >= 4 is 23.3 Å². The number of benzene rings is 1. The molecule has 0 aliphatic heterocycles. The minimum Gasteiger partial charge on any atom is -0.374 e. The highest BCUT2D eigenvalue weighted by atomic mass is 35.5. The summed E-state index contributed by atoms with van der Waals surface area (Å²) >= 11 is 5.68. The SMILES string of the molecule is CON(CO)C(=O)Nc1ccc(Cl)cc1. The van der Waals surface area contributed by atoms with Crippen LogP contribution in [0, 0.1) is 0 Å². The van der Waals surface area contributed by atoms with Crippen LogP contribution in [0.2, 0.25) is 5.02 Å². The van der Waals surface area contributed by atoms with Gasteiger partial charge in [-0.25, -0.2) is 4.79 Å². The molecule has 1 aromatic rings. The Kier molecular flexibility index (Phi) is 4.36. The molecule has 0 aliphatic rings. The molecule has 0 saturated carbocycles. The number of nitrogens with one attached hydrogen (secondary N) is 1. The molecule has 82 valence electrons. The van der Waals surface area contributed by atoms with Crippen LogP contribution in [0.15, 0.2) is 24.3 Å². The number of anilines is 1. The molecule has 0 atom stereocenters. The van der Waals surface area contributed by atoms with Gasteiger partial charge in [-0.05, 0) is 24.3 Å². The van der Waals surface area contributed by atoms with Gasteiger partial charge in [0.15, 0.2) is 0 Å². The van der Waals surface area contributed by atoms with Crippen molar-refractivity contribution in [3.63, 3.8) is 0 Å². The molecule has 0 aliphatic carbocycles. The summed E-state index contributed by atoms with van der Waals surface area (Å²) < 4.78 is 0. The lowest BCUT2D eigenvalue weighted by atomic mass is 10.3. The fourth-order valence-electron chi connectivity index (χ4n) is 0.924. The van der Waals surface area contributed by atoms with E-state index in [1.165, 1.54) is 7.11 Å². The van der Waals surface area contributed by atoms with Crippen LogP contribution in [0.5, 0.6) is 0 Å². The molecule has 0 heterocycles. The van der Waals surface area contributed by atoms with E-state index in [1.807, 2.05) is 0 Å². The smallest absolute Gasteiger partial charge is 0.348 e. The molecule has 0 spiro atoms. The largest absolute Gasteiger partial charge is 0.374 e. The number of nitrogens with zero attached hydrogens (tertiary/aromatic N) is 1. The Balaban J connectivity index is 2.61. The summed E-state index contributed by atoms with van der Waals surface area (Å²) in [5.74, 6) is 0. The minimum absolute atomic E-state index is 0.518. The fraction of sp³-hybridized carbons (Fsp3) is 0.222. The van der Waals surface area contributed by atoms with Crippen LogP contribution in [0.1, 0.15) is 0 Å². The van der Waals surface area contributed by atoms with Crippen molar-refractivity contribution in [1.82, 2.24) is 5.06 Å². The lowest BCUT2D eigenvalue weighted by Crippen LogP contribution is -2.34. The predicted octanol–water partition coefficient (Wildman–Crippen LogP) is 1.69. The Hall–Kier alpha value is -1.30. The zero-order valence-corrected chi connectivity index (χ0v) is 8.86. The summed E-state index contributed by atoms with van der Waals surface area (Å²) in [5.41, 5.74) is 0.569. The maximum atomic E-state index is 11.4. The van der Waals surface area contributed by atoms with Gasteiger partial charge in [-0.2, -0.15) is 5.06 Å². The van der Waals surface area contributed by atoms with Gasteiger partial charge in [0, 0.05) is 10.7 Å². The zero-order valence-electron chi connectivity index (χ0n) is 8.11. The van der Waals surface area contributed by atoms with Gasteiger partial charge in [0.25, 0.3) is 0 Å². The lowest BCUT2D eigenvalue weighted by molar-refractivity contribution is -0.126. The average Bonchev–Trinajstić information content (AvgIpc) is 2.23. The number of hydroxylamine groups is 2. The fourth-order valence-corrected chi connectivity index (χ4v) is 1.05. The molecular weight excluding hydrogens is 220 g/mol. The Morgan fingerprint density at radius 1 is 1.53 bits per heavy atom. The van der Waals surface area contributed by atoms with Crippen LogP contribution in [-0.4, -0.2) is 30.0 Å².